The van der Waals surface area contributed by atoms with Crippen molar-refractivity contribution >= 4 is 57.1 Å². The molecule has 0 saturated heterocycles. The van der Waals surface area contributed by atoms with Gasteiger partial charge in [0.15, 0.2) is 11.6 Å². The van der Waals surface area contributed by atoms with Crippen LogP contribution in [-0.4, -0.2) is 31.4 Å². The van der Waals surface area contributed by atoms with E-state index < -0.39 is 0 Å². The number of aromatic amines is 1. The van der Waals surface area contributed by atoms with Crippen molar-refractivity contribution in [2.75, 3.05) is 0 Å². The summed E-state index contributed by atoms with van der Waals surface area (Å²) in [6.45, 7) is 3.97. The molecule has 2 aromatic carbocycles. The highest BCUT2D eigenvalue weighted by molar-refractivity contribution is 7.15. The van der Waals surface area contributed by atoms with Gasteiger partial charge in [-0.3, -0.25) is 14.2 Å². The molecule has 0 atom stereocenters. The van der Waals surface area contributed by atoms with Crippen LogP contribution in [-0.2, 0) is 13.0 Å². The number of ketones is 1. The molecule has 1 amide bonds. The lowest BCUT2D eigenvalue weighted by molar-refractivity contribution is 0.0944. The number of halogens is 2. The maximum atomic E-state index is 13.5. The van der Waals surface area contributed by atoms with Crippen LogP contribution in [0.15, 0.2) is 54.6 Å². The highest BCUT2D eigenvalue weighted by atomic mass is 35.5. The quantitative estimate of drug-likeness (QED) is 0.243. The Labute approximate surface area is 221 Å². The lowest BCUT2D eigenvalue weighted by Crippen LogP contribution is -2.25. The number of hydrogen-bond donors (Lipinski definition) is 2. The molecular weight excluding hydrogens is 517 g/mol. The van der Waals surface area contributed by atoms with Gasteiger partial charge < -0.3 is 10.3 Å². The minimum absolute atomic E-state index is 0.120. The number of fused-ring (bicyclic) bond motifs is 1. The van der Waals surface area contributed by atoms with Crippen molar-refractivity contribution < 1.29 is 9.59 Å². The molecule has 2 N–H and O–H groups in total. The van der Waals surface area contributed by atoms with Gasteiger partial charge in [-0.1, -0.05) is 42.3 Å². The predicted octanol–water partition coefficient (Wildman–Crippen LogP) is 6.15. The van der Waals surface area contributed by atoms with Crippen LogP contribution in [0.4, 0.5) is 0 Å². The van der Waals surface area contributed by atoms with Crippen LogP contribution in [0.1, 0.15) is 49.9 Å². The Bertz CT molecular complexity index is 1620. The molecule has 7 nitrogen and oxygen atoms in total. The highest BCUT2D eigenvalue weighted by Gasteiger charge is 2.24. The van der Waals surface area contributed by atoms with Gasteiger partial charge in [-0.05, 0) is 55.8 Å². The summed E-state index contributed by atoms with van der Waals surface area (Å²) in [5.41, 5.74) is 2.18. The van der Waals surface area contributed by atoms with Crippen LogP contribution in [0, 0.1) is 6.92 Å². The number of aromatic nitrogens is 4. The largest absolute Gasteiger partial charge is 0.351 e. The van der Waals surface area contributed by atoms with Crippen molar-refractivity contribution in [3.05, 3.63) is 98.0 Å². The first-order valence-corrected chi connectivity index (χ1v) is 12.8. The van der Waals surface area contributed by atoms with Crippen molar-refractivity contribution in [3.8, 4) is 5.00 Å². The van der Waals surface area contributed by atoms with Gasteiger partial charge in [-0.25, -0.2) is 0 Å². The fraction of sp³-hybridized carbons (Fsp3) is 0.154. The molecule has 3 heterocycles. The molecular formula is C26H21Cl2N5O2S. The van der Waals surface area contributed by atoms with Crippen LogP contribution in [0.5, 0.6) is 0 Å². The second-order valence-electron chi connectivity index (χ2n) is 8.19. The monoisotopic (exact) mass is 537 g/mol. The van der Waals surface area contributed by atoms with E-state index in [4.69, 9.17) is 23.2 Å². The third kappa shape index (κ3) is 4.55. The molecule has 182 valence electrons. The second-order valence-corrected chi connectivity index (χ2v) is 10.1. The zero-order valence-corrected chi connectivity index (χ0v) is 21.8. The van der Waals surface area contributed by atoms with Crippen LogP contribution >= 0.6 is 34.5 Å². The number of carbonyl (C=O) groups is 2. The summed E-state index contributed by atoms with van der Waals surface area (Å²) in [7, 11) is 0. The molecule has 5 aromatic rings. The molecule has 0 unspecified atom stereocenters. The van der Waals surface area contributed by atoms with Crippen LogP contribution in [0.3, 0.4) is 0 Å². The first-order chi connectivity index (χ1) is 17.4. The summed E-state index contributed by atoms with van der Waals surface area (Å²) in [5, 5.41) is 13.9. The smallest absolute Gasteiger partial charge is 0.268 e. The lowest BCUT2D eigenvalue weighted by atomic mass is 10.0. The lowest BCUT2D eigenvalue weighted by Gasteiger charge is -2.10. The molecule has 3 aromatic heterocycles. The van der Waals surface area contributed by atoms with E-state index in [-0.39, 0.29) is 18.2 Å². The van der Waals surface area contributed by atoms with E-state index in [9.17, 15) is 9.59 Å². The number of aryl methyl sites for hydroxylation is 2. The summed E-state index contributed by atoms with van der Waals surface area (Å²) in [6.07, 6.45) is 0.769. The van der Waals surface area contributed by atoms with Crippen LogP contribution in [0.2, 0.25) is 10.0 Å². The Kier molecular flexibility index (Phi) is 6.66. The summed E-state index contributed by atoms with van der Waals surface area (Å²) < 4.78 is 1.82. The molecule has 0 spiro atoms. The van der Waals surface area contributed by atoms with Crippen molar-refractivity contribution in [2.45, 2.75) is 26.8 Å². The SMILES string of the molecule is CCc1cc(C(=O)c2ccccc2Cl)c(-n2c(C)nnc2CNC(=O)c2cc3cc(Cl)ccc3[nH]2)s1. The van der Waals surface area contributed by atoms with Crippen LogP contribution in [0.25, 0.3) is 15.9 Å². The maximum Gasteiger partial charge on any atom is 0.268 e. The van der Waals surface area contributed by atoms with Gasteiger partial charge in [0.2, 0.25) is 0 Å². The zero-order valence-electron chi connectivity index (χ0n) is 19.4. The Morgan fingerprint density at radius 3 is 2.64 bits per heavy atom. The Balaban J connectivity index is 1.45. The molecule has 0 fully saturated rings. The van der Waals surface area contributed by atoms with Gasteiger partial charge in [-0.2, -0.15) is 0 Å². The number of H-pyrrole nitrogens is 1. The fourth-order valence-electron chi connectivity index (χ4n) is 3.99. The standard InChI is InChI=1S/C26H21Cl2N5O2S/c1-3-17-12-19(24(34)18-6-4-5-7-20(18)28)26(36-17)33-14(2)31-32-23(33)13-29-25(35)22-11-15-10-16(27)8-9-21(15)30-22/h4-12,30H,3,13H2,1-2H3,(H,29,35). The molecule has 0 saturated carbocycles. The number of amides is 1. The number of nitrogens with one attached hydrogen (secondary N) is 2. The minimum atomic E-state index is -0.290. The Morgan fingerprint density at radius 2 is 1.86 bits per heavy atom. The maximum absolute atomic E-state index is 13.5. The Morgan fingerprint density at radius 1 is 1.06 bits per heavy atom. The third-order valence-electron chi connectivity index (χ3n) is 5.80. The van der Waals surface area contributed by atoms with Gasteiger partial charge in [0, 0.05) is 26.4 Å². The number of carbonyl (C=O) groups excluding carboxylic acids is 2. The van der Waals surface area contributed by atoms with E-state index in [1.165, 1.54) is 11.3 Å². The summed E-state index contributed by atoms with van der Waals surface area (Å²) >= 11 is 13.9. The molecule has 0 aliphatic rings. The number of nitrogens with zero attached hydrogens (tertiary/aromatic N) is 3. The molecule has 10 heteroatoms. The van der Waals surface area contributed by atoms with Gasteiger partial charge >= 0.3 is 0 Å². The second kappa shape index (κ2) is 9.89. The van der Waals surface area contributed by atoms with E-state index in [1.54, 1.807) is 42.5 Å². The minimum Gasteiger partial charge on any atom is -0.351 e. The van der Waals surface area contributed by atoms with Crippen molar-refractivity contribution in [1.82, 2.24) is 25.1 Å². The van der Waals surface area contributed by atoms with Gasteiger partial charge in [-0.15, -0.1) is 21.5 Å². The number of thiophene rings is 1. The summed E-state index contributed by atoms with van der Waals surface area (Å²) in [6, 6.07) is 16.0. The first kappa shape index (κ1) is 24.2. The summed E-state index contributed by atoms with van der Waals surface area (Å²) in [4.78, 5) is 30.5. The number of hydrogen-bond acceptors (Lipinski definition) is 5. The van der Waals surface area contributed by atoms with Crippen molar-refractivity contribution in [3.63, 3.8) is 0 Å². The molecule has 0 bridgehead atoms. The Hall–Kier alpha value is -3.46. The van der Waals surface area contributed by atoms with Gasteiger partial charge in [0.25, 0.3) is 5.91 Å². The summed E-state index contributed by atoms with van der Waals surface area (Å²) in [5.74, 6) is 0.656. The van der Waals surface area contributed by atoms with E-state index in [0.717, 1.165) is 22.2 Å². The molecule has 36 heavy (non-hydrogen) atoms. The number of benzene rings is 2. The average Bonchev–Trinajstić information content (AvgIpc) is 3.58. The third-order valence-corrected chi connectivity index (χ3v) is 7.63. The van der Waals surface area contributed by atoms with Crippen molar-refractivity contribution in [2.24, 2.45) is 0 Å². The van der Waals surface area contributed by atoms with E-state index >= 15 is 0 Å². The molecule has 5 rings (SSSR count). The number of rotatable bonds is 7. The fourth-order valence-corrected chi connectivity index (χ4v) is 5.55. The van der Waals surface area contributed by atoms with E-state index in [0.29, 0.717) is 43.5 Å². The topological polar surface area (TPSA) is 92.7 Å². The molecule has 0 aliphatic carbocycles. The van der Waals surface area contributed by atoms with Gasteiger partial charge in [0.1, 0.15) is 16.5 Å². The zero-order chi connectivity index (χ0) is 25.4. The van der Waals surface area contributed by atoms with E-state index in [1.807, 2.05) is 30.5 Å². The van der Waals surface area contributed by atoms with Crippen LogP contribution < -0.4 is 5.32 Å². The van der Waals surface area contributed by atoms with Crippen molar-refractivity contribution in [1.29, 1.82) is 0 Å². The average molecular weight is 538 g/mol. The highest BCUT2D eigenvalue weighted by Crippen LogP contribution is 2.32. The molecule has 0 aliphatic heterocycles. The normalized spacial score (nSPS) is 11.2. The molecule has 0 radical (unpaired) electrons. The predicted molar refractivity (Wildman–Crippen MR) is 143 cm³/mol. The van der Waals surface area contributed by atoms with E-state index in [2.05, 4.69) is 20.5 Å². The van der Waals surface area contributed by atoms with Gasteiger partial charge in [0.05, 0.1) is 17.1 Å². The first-order valence-electron chi connectivity index (χ1n) is 11.3.